The summed E-state index contributed by atoms with van der Waals surface area (Å²) < 4.78 is 0. The smallest absolute Gasteiger partial charge is 0.190 e. The highest BCUT2D eigenvalue weighted by Crippen LogP contribution is 1.93. The van der Waals surface area contributed by atoms with Gasteiger partial charge in [-0.05, 0) is 24.9 Å². The summed E-state index contributed by atoms with van der Waals surface area (Å²) in [5, 5.41) is 6.57. The van der Waals surface area contributed by atoms with Crippen molar-refractivity contribution in [3.63, 3.8) is 0 Å². The molecule has 0 unspecified atom stereocenters. The zero-order valence-electron chi connectivity index (χ0n) is 9.60. The molecule has 2 N–H and O–H groups in total. The molecule has 0 aromatic rings. The fourth-order valence-corrected chi connectivity index (χ4v) is 1.46. The highest BCUT2D eigenvalue weighted by Gasteiger charge is 1.94. The molecule has 0 radical (unpaired) electrons. The van der Waals surface area contributed by atoms with Crippen LogP contribution in [0.1, 0.15) is 26.2 Å². The lowest BCUT2D eigenvalue weighted by Gasteiger charge is -2.10. The number of unbranched alkanes of at least 4 members (excludes halogenated alkanes) is 1. The molecule has 14 heavy (non-hydrogen) atoms. The van der Waals surface area contributed by atoms with E-state index in [4.69, 9.17) is 0 Å². The van der Waals surface area contributed by atoms with Crippen LogP contribution >= 0.6 is 11.8 Å². The van der Waals surface area contributed by atoms with Gasteiger partial charge in [-0.1, -0.05) is 13.3 Å². The van der Waals surface area contributed by atoms with Crippen molar-refractivity contribution in [1.29, 1.82) is 0 Å². The Hall–Kier alpha value is -0.380. The number of hydrogen-bond acceptors (Lipinski definition) is 2. The number of hydrogen-bond donors (Lipinski definition) is 2. The quantitative estimate of drug-likeness (QED) is 0.387. The Morgan fingerprint density at radius 3 is 2.36 bits per heavy atom. The van der Waals surface area contributed by atoms with Crippen LogP contribution in [0.4, 0.5) is 0 Å². The highest BCUT2D eigenvalue weighted by molar-refractivity contribution is 7.98. The Morgan fingerprint density at radius 2 is 1.86 bits per heavy atom. The second kappa shape index (κ2) is 10.7. The van der Waals surface area contributed by atoms with Gasteiger partial charge in [0.25, 0.3) is 0 Å². The molecule has 0 aliphatic heterocycles. The zero-order chi connectivity index (χ0) is 10.6. The maximum Gasteiger partial charge on any atom is 0.190 e. The van der Waals surface area contributed by atoms with Crippen molar-refractivity contribution in [3.05, 3.63) is 0 Å². The van der Waals surface area contributed by atoms with E-state index in [1.807, 2.05) is 18.8 Å². The molecule has 0 aromatic carbocycles. The predicted molar refractivity (Wildman–Crippen MR) is 67.3 cm³/mol. The van der Waals surface area contributed by atoms with Gasteiger partial charge in [0.15, 0.2) is 5.96 Å². The van der Waals surface area contributed by atoms with Crippen molar-refractivity contribution in [2.24, 2.45) is 4.99 Å². The van der Waals surface area contributed by atoms with Gasteiger partial charge >= 0.3 is 0 Å². The summed E-state index contributed by atoms with van der Waals surface area (Å²) in [7, 11) is 1.82. The van der Waals surface area contributed by atoms with Gasteiger partial charge in [-0.15, -0.1) is 0 Å². The van der Waals surface area contributed by atoms with Crippen LogP contribution in [0.3, 0.4) is 0 Å². The van der Waals surface area contributed by atoms with Crippen molar-refractivity contribution in [1.82, 2.24) is 10.6 Å². The van der Waals surface area contributed by atoms with Crippen molar-refractivity contribution in [3.8, 4) is 0 Å². The number of guanidine groups is 1. The van der Waals surface area contributed by atoms with Crippen molar-refractivity contribution >= 4 is 17.7 Å². The Morgan fingerprint density at radius 1 is 1.21 bits per heavy atom. The summed E-state index contributed by atoms with van der Waals surface area (Å²) in [4.78, 5) is 4.15. The number of aliphatic imine (C=N–C) groups is 1. The largest absolute Gasteiger partial charge is 0.356 e. The molecule has 3 nitrogen and oxygen atoms in total. The Labute approximate surface area is 92.1 Å². The lowest BCUT2D eigenvalue weighted by atomic mass is 10.3. The van der Waals surface area contributed by atoms with Gasteiger partial charge in [-0.2, -0.15) is 11.8 Å². The molecule has 0 aliphatic carbocycles. The maximum absolute atomic E-state index is 4.15. The minimum absolute atomic E-state index is 0.930. The molecule has 0 heterocycles. The Kier molecular flexibility index (Phi) is 10.4. The molecule has 0 saturated carbocycles. The van der Waals surface area contributed by atoms with Gasteiger partial charge in [0.05, 0.1) is 0 Å². The van der Waals surface area contributed by atoms with E-state index < -0.39 is 0 Å². The second-order valence-corrected chi connectivity index (χ2v) is 4.11. The van der Waals surface area contributed by atoms with E-state index >= 15 is 0 Å². The van der Waals surface area contributed by atoms with Gasteiger partial charge in [-0.3, -0.25) is 4.99 Å². The lowest BCUT2D eigenvalue weighted by molar-refractivity contribution is 0.724. The summed E-state index contributed by atoms with van der Waals surface area (Å²) in [6, 6.07) is 0. The van der Waals surface area contributed by atoms with Crippen LogP contribution < -0.4 is 10.6 Å². The van der Waals surface area contributed by atoms with Crippen molar-refractivity contribution in [2.75, 3.05) is 32.1 Å². The summed E-state index contributed by atoms with van der Waals surface area (Å²) in [5.41, 5.74) is 0. The fraction of sp³-hybridized carbons (Fsp3) is 0.900. The molecular formula is C10H23N3S. The van der Waals surface area contributed by atoms with Gasteiger partial charge < -0.3 is 10.6 Å². The lowest BCUT2D eigenvalue weighted by Crippen LogP contribution is -2.38. The van der Waals surface area contributed by atoms with Crippen LogP contribution in [0.25, 0.3) is 0 Å². The predicted octanol–water partition coefficient (Wildman–Crippen LogP) is 1.70. The van der Waals surface area contributed by atoms with Gasteiger partial charge in [-0.25, -0.2) is 0 Å². The normalized spacial score (nSPS) is 11.5. The average molecular weight is 217 g/mol. The summed E-state index contributed by atoms with van der Waals surface area (Å²) in [6.45, 7) is 4.21. The van der Waals surface area contributed by atoms with Crippen LogP contribution in [-0.4, -0.2) is 38.1 Å². The monoisotopic (exact) mass is 217 g/mol. The molecule has 0 aromatic heterocycles. The van der Waals surface area contributed by atoms with E-state index in [1.54, 1.807) is 0 Å². The first-order valence-electron chi connectivity index (χ1n) is 5.28. The third kappa shape index (κ3) is 8.23. The first kappa shape index (κ1) is 13.6. The van der Waals surface area contributed by atoms with Crippen LogP contribution in [0.2, 0.25) is 0 Å². The first-order valence-corrected chi connectivity index (χ1v) is 6.68. The number of thioether (sulfide) groups is 1. The highest BCUT2D eigenvalue weighted by atomic mass is 32.2. The van der Waals surface area contributed by atoms with Crippen LogP contribution in [-0.2, 0) is 0 Å². The van der Waals surface area contributed by atoms with E-state index in [2.05, 4.69) is 28.8 Å². The third-order valence-electron chi connectivity index (χ3n) is 1.86. The minimum atomic E-state index is 0.930. The van der Waals surface area contributed by atoms with Crippen LogP contribution in [0.5, 0.6) is 0 Å². The zero-order valence-corrected chi connectivity index (χ0v) is 10.4. The van der Waals surface area contributed by atoms with Crippen molar-refractivity contribution in [2.45, 2.75) is 26.2 Å². The SMILES string of the molecule is CCCCNC(=NC)NCCCSC. The topological polar surface area (TPSA) is 36.4 Å². The van der Waals surface area contributed by atoms with Crippen molar-refractivity contribution < 1.29 is 0 Å². The van der Waals surface area contributed by atoms with Gasteiger partial charge in [0.2, 0.25) is 0 Å². The van der Waals surface area contributed by atoms with Crippen LogP contribution in [0.15, 0.2) is 4.99 Å². The third-order valence-corrected chi connectivity index (χ3v) is 2.56. The fourth-order valence-electron chi connectivity index (χ4n) is 1.03. The number of nitrogens with zero attached hydrogens (tertiary/aromatic N) is 1. The van der Waals surface area contributed by atoms with Gasteiger partial charge in [0, 0.05) is 20.1 Å². The summed E-state index contributed by atoms with van der Waals surface area (Å²) in [5.74, 6) is 2.14. The molecule has 0 saturated heterocycles. The molecular weight excluding hydrogens is 194 g/mol. The van der Waals surface area contributed by atoms with E-state index in [0.717, 1.165) is 19.0 Å². The molecule has 0 aliphatic rings. The molecule has 4 heteroatoms. The molecule has 0 atom stereocenters. The van der Waals surface area contributed by atoms with E-state index in [1.165, 1.54) is 25.0 Å². The minimum Gasteiger partial charge on any atom is -0.356 e. The average Bonchev–Trinajstić information content (AvgIpc) is 2.22. The first-order chi connectivity index (χ1) is 6.85. The Balaban J connectivity index is 3.39. The number of rotatable bonds is 7. The van der Waals surface area contributed by atoms with Crippen LogP contribution in [0, 0.1) is 0 Å². The summed E-state index contributed by atoms with van der Waals surface area (Å²) in [6.07, 6.45) is 5.74. The molecule has 0 rings (SSSR count). The Bertz CT molecular complexity index is 148. The molecule has 84 valence electrons. The molecule has 0 fully saturated rings. The molecule has 0 spiro atoms. The van der Waals surface area contributed by atoms with E-state index in [-0.39, 0.29) is 0 Å². The van der Waals surface area contributed by atoms with Gasteiger partial charge in [0.1, 0.15) is 0 Å². The maximum atomic E-state index is 4.15. The second-order valence-electron chi connectivity index (χ2n) is 3.13. The molecule has 0 bridgehead atoms. The molecule has 0 amide bonds. The standard InChI is InChI=1S/C10H23N3S/c1-4-5-7-12-10(11-2)13-8-6-9-14-3/h4-9H2,1-3H3,(H2,11,12,13). The number of nitrogens with one attached hydrogen (secondary N) is 2. The summed E-state index contributed by atoms with van der Waals surface area (Å²) >= 11 is 1.88. The van der Waals surface area contributed by atoms with E-state index in [0.29, 0.717) is 0 Å². The van der Waals surface area contributed by atoms with E-state index in [9.17, 15) is 0 Å².